The molecule has 2 aromatic heterocycles. The number of nitrogens with zero attached hydrogens (tertiary/aromatic N) is 3. The summed E-state index contributed by atoms with van der Waals surface area (Å²) in [5.41, 5.74) is 5.51. The summed E-state index contributed by atoms with van der Waals surface area (Å²) in [5, 5.41) is 11.5. The van der Waals surface area contributed by atoms with Crippen LogP contribution in [0.25, 0.3) is 0 Å². The zero-order valence-corrected chi connectivity index (χ0v) is 12.2. The number of hydrogen-bond donors (Lipinski definition) is 2. The second-order valence-electron chi connectivity index (χ2n) is 4.13. The molecule has 2 aromatic rings. The molecule has 3 N–H and O–H groups in total. The van der Waals surface area contributed by atoms with E-state index in [1.807, 2.05) is 11.6 Å². The predicted molar refractivity (Wildman–Crippen MR) is 75.4 cm³/mol. The van der Waals surface area contributed by atoms with E-state index < -0.39 is 0 Å². The topological polar surface area (TPSA) is 99.0 Å². The second kappa shape index (κ2) is 6.58. The normalized spacial score (nSPS) is 10.8. The predicted octanol–water partition coefficient (Wildman–Crippen LogP) is 0.561. The molecule has 0 aliphatic rings. The minimum absolute atomic E-state index is 0.231. The zero-order valence-electron chi connectivity index (χ0n) is 11.4. The lowest BCUT2D eigenvalue weighted by atomic mass is 10.4. The van der Waals surface area contributed by atoms with Crippen LogP contribution in [0.3, 0.4) is 0 Å². The number of nitrogens with two attached hydrogens (primary N) is 1. The standard InChI is InChI=1S/C12H17N5O2S/c1-14-11(18)9-4-3-8(19-9)7-20-12-16-15-10(5-6-13)17(12)2/h3-4H,5-7,13H2,1-2H3,(H,14,18). The van der Waals surface area contributed by atoms with Crippen LogP contribution >= 0.6 is 11.8 Å². The largest absolute Gasteiger partial charge is 0.455 e. The first-order valence-electron chi connectivity index (χ1n) is 6.17. The number of carbonyl (C=O) groups is 1. The van der Waals surface area contributed by atoms with Crippen molar-refractivity contribution in [3.8, 4) is 0 Å². The van der Waals surface area contributed by atoms with Crippen molar-refractivity contribution in [1.29, 1.82) is 0 Å². The fourth-order valence-electron chi connectivity index (χ4n) is 1.65. The maximum Gasteiger partial charge on any atom is 0.286 e. The minimum atomic E-state index is -0.231. The molecule has 0 unspecified atom stereocenters. The third-order valence-corrected chi connectivity index (χ3v) is 3.79. The zero-order chi connectivity index (χ0) is 14.5. The van der Waals surface area contributed by atoms with Gasteiger partial charge in [0.05, 0.1) is 5.75 Å². The third kappa shape index (κ3) is 3.20. The van der Waals surface area contributed by atoms with Gasteiger partial charge in [0.25, 0.3) is 5.91 Å². The molecule has 20 heavy (non-hydrogen) atoms. The Morgan fingerprint density at radius 2 is 2.30 bits per heavy atom. The fourth-order valence-corrected chi connectivity index (χ4v) is 2.48. The first-order valence-corrected chi connectivity index (χ1v) is 7.16. The molecular weight excluding hydrogens is 278 g/mol. The number of amides is 1. The smallest absolute Gasteiger partial charge is 0.286 e. The van der Waals surface area contributed by atoms with E-state index in [1.165, 1.54) is 11.8 Å². The number of rotatable bonds is 6. The Balaban J connectivity index is 1.98. The van der Waals surface area contributed by atoms with E-state index in [1.54, 1.807) is 19.2 Å². The van der Waals surface area contributed by atoms with Gasteiger partial charge in [-0.3, -0.25) is 4.79 Å². The Morgan fingerprint density at radius 3 is 3.00 bits per heavy atom. The Labute approximate surface area is 120 Å². The first-order chi connectivity index (χ1) is 9.65. The van der Waals surface area contributed by atoms with Crippen LogP contribution in [0.15, 0.2) is 21.7 Å². The Morgan fingerprint density at radius 1 is 1.50 bits per heavy atom. The average Bonchev–Trinajstić information content (AvgIpc) is 3.05. The van der Waals surface area contributed by atoms with E-state index in [-0.39, 0.29) is 5.91 Å². The van der Waals surface area contributed by atoms with E-state index >= 15 is 0 Å². The van der Waals surface area contributed by atoms with Gasteiger partial charge >= 0.3 is 0 Å². The molecule has 0 fully saturated rings. The second-order valence-corrected chi connectivity index (χ2v) is 5.07. The van der Waals surface area contributed by atoms with Crippen molar-refractivity contribution in [2.24, 2.45) is 12.8 Å². The summed E-state index contributed by atoms with van der Waals surface area (Å²) in [6, 6.07) is 3.44. The van der Waals surface area contributed by atoms with E-state index in [0.717, 1.165) is 16.7 Å². The quantitative estimate of drug-likeness (QED) is 0.756. The number of aromatic nitrogens is 3. The maximum absolute atomic E-state index is 11.4. The van der Waals surface area contributed by atoms with Gasteiger partial charge in [-0.25, -0.2) is 0 Å². The molecule has 8 heteroatoms. The average molecular weight is 295 g/mol. The van der Waals surface area contributed by atoms with Crippen LogP contribution in [0.5, 0.6) is 0 Å². The van der Waals surface area contributed by atoms with Gasteiger partial charge in [0.2, 0.25) is 0 Å². The molecule has 0 radical (unpaired) electrons. The SMILES string of the molecule is CNC(=O)c1ccc(CSc2nnc(CCN)n2C)o1. The summed E-state index contributed by atoms with van der Waals surface area (Å²) in [5.74, 6) is 2.25. The van der Waals surface area contributed by atoms with Crippen molar-refractivity contribution in [2.45, 2.75) is 17.3 Å². The van der Waals surface area contributed by atoms with E-state index in [2.05, 4.69) is 15.5 Å². The Kier molecular flexibility index (Phi) is 4.80. The van der Waals surface area contributed by atoms with Crippen molar-refractivity contribution in [1.82, 2.24) is 20.1 Å². The molecule has 0 aliphatic carbocycles. The molecule has 0 atom stereocenters. The summed E-state index contributed by atoms with van der Waals surface area (Å²) < 4.78 is 7.36. The molecule has 0 saturated heterocycles. The fraction of sp³-hybridized carbons (Fsp3) is 0.417. The van der Waals surface area contributed by atoms with E-state index in [0.29, 0.717) is 24.5 Å². The molecule has 108 valence electrons. The first kappa shape index (κ1) is 14.6. The summed E-state index contributed by atoms with van der Waals surface area (Å²) in [4.78, 5) is 11.4. The van der Waals surface area contributed by atoms with E-state index in [9.17, 15) is 4.79 Å². The number of carbonyl (C=O) groups excluding carboxylic acids is 1. The van der Waals surface area contributed by atoms with Crippen LogP contribution in [-0.4, -0.2) is 34.3 Å². The maximum atomic E-state index is 11.4. The van der Waals surface area contributed by atoms with Crippen LogP contribution in [0.2, 0.25) is 0 Å². The lowest BCUT2D eigenvalue weighted by Crippen LogP contribution is -2.16. The van der Waals surface area contributed by atoms with Gasteiger partial charge in [0, 0.05) is 20.5 Å². The van der Waals surface area contributed by atoms with Crippen LogP contribution in [0.1, 0.15) is 22.1 Å². The summed E-state index contributed by atoms with van der Waals surface area (Å²) in [7, 11) is 3.48. The third-order valence-electron chi connectivity index (χ3n) is 2.75. The molecule has 0 aromatic carbocycles. The van der Waals surface area contributed by atoms with E-state index in [4.69, 9.17) is 10.2 Å². The molecule has 1 amide bonds. The Hall–Kier alpha value is -1.80. The van der Waals surface area contributed by atoms with Crippen LogP contribution in [0.4, 0.5) is 0 Å². The van der Waals surface area contributed by atoms with Gasteiger partial charge in [-0.15, -0.1) is 10.2 Å². The van der Waals surface area contributed by atoms with Gasteiger partial charge in [0.1, 0.15) is 11.6 Å². The van der Waals surface area contributed by atoms with Gasteiger partial charge in [-0.1, -0.05) is 11.8 Å². The molecule has 0 aliphatic heterocycles. The highest BCUT2D eigenvalue weighted by molar-refractivity contribution is 7.98. The van der Waals surface area contributed by atoms with Crippen LogP contribution in [0, 0.1) is 0 Å². The van der Waals surface area contributed by atoms with Gasteiger partial charge in [-0.05, 0) is 18.7 Å². The monoisotopic (exact) mass is 295 g/mol. The number of hydrogen-bond acceptors (Lipinski definition) is 6. The van der Waals surface area contributed by atoms with Crippen molar-refractivity contribution in [2.75, 3.05) is 13.6 Å². The molecular formula is C12H17N5O2S. The summed E-state index contributed by atoms with van der Waals surface area (Å²) >= 11 is 1.50. The lowest BCUT2D eigenvalue weighted by molar-refractivity contribution is 0.0934. The van der Waals surface area contributed by atoms with Crippen LogP contribution < -0.4 is 11.1 Å². The van der Waals surface area contributed by atoms with Crippen LogP contribution in [-0.2, 0) is 19.2 Å². The number of furan rings is 1. The Bertz CT molecular complexity index is 592. The van der Waals surface area contributed by atoms with Gasteiger partial charge < -0.3 is 20.0 Å². The minimum Gasteiger partial charge on any atom is -0.455 e. The number of nitrogens with one attached hydrogen (secondary N) is 1. The molecule has 2 heterocycles. The molecule has 7 nitrogen and oxygen atoms in total. The summed E-state index contributed by atoms with van der Waals surface area (Å²) in [6.45, 7) is 0.546. The van der Waals surface area contributed by atoms with Gasteiger partial charge in [-0.2, -0.15) is 0 Å². The van der Waals surface area contributed by atoms with Crippen molar-refractivity contribution < 1.29 is 9.21 Å². The highest BCUT2D eigenvalue weighted by Crippen LogP contribution is 2.22. The molecule has 2 rings (SSSR count). The van der Waals surface area contributed by atoms with Crippen molar-refractivity contribution >= 4 is 17.7 Å². The molecule has 0 bridgehead atoms. The summed E-state index contributed by atoms with van der Waals surface area (Å²) in [6.07, 6.45) is 0.700. The van der Waals surface area contributed by atoms with Gasteiger partial charge in [0.15, 0.2) is 10.9 Å². The highest BCUT2D eigenvalue weighted by atomic mass is 32.2. The van der Waals surface area contributed by atoms with Crippen molar-refractivity contribution in [3.63, 3.8) is 0 Å². The molecule has 0 saturated carbocycles. The number of thioether (sulfide) groups is 1. The lowest BCUT2D eigenvalue weighted by Gasteiger charge is -2.01. The molecule has 0 spiro atoms. The van der Waals surface area contributed by atoms with Crippen molar-refractivity contribution in [3.05, 3.63) is 29.5 Å². The highest BCUT2D eigenvalue weighted by Gasteiger charge is 2.12.